The Morgan fingerprint density at radius 2 is 1.91 bits per heavy atom. The van der Waals surface area contributed by atoms with Gasteiger partial charge in [0, 0.05) is 24.9 Å². The Bertz CT molecular complexity index is 539. The first-order valence-corrected chi connectivity index (χ1v) is 7.31. The van der Waals surface area contributed by atoms with Gasteiger partial charge in [0.15, 0.2) is 0 Å². The summed E-state index contributed by atoms with van der Waals surface area (Å²) in [7, 11) is 1.33. The van der Waals surface area contributed by atoms with E-state index in [4.69, 9.17) is 9.47 Å². The third kappa shape index (κ3) is 3.55. The molecule has 1 fully saturated rings. The fourth-order valence-electron chi connectivity index (χ4n) is 2.69. The van der Waals surface area contributed by atoms with Gasteiger partial charge < -0.3 is 9.47 Å². The van der Waals surface area contributed by atoms with E-state index in [1.807, 2.05) is 12.1 Å². The third-order valence-corrected chi connectivity index (χ3v) is 3.60. The van der Waals surface area contributed by atoms with Gasteiger partial charge in [0.05, 0.1) is 7.11 Å². The fourth-order valence-corrected chi connectivity index (χ4v) is 2.69. The van der Waals surface area contributed by atoms with Crippen molar-refractivity contribution < 1.29 is 19.1 Å². The number of nitrogens with zero attached hydrogens (tertiary/aromatic N) is 2. The van der Waals surface area contributed by atoms with Crippen LogP contribution >= 0.6 is 0 Å². The number of carbonyl (C=O) groups is 2. The first-order valence-electron chi connectivity index (χ1n) is 7.31. The van der Waals surface area contributed by atoms with Crippen LogP contribution in [-0.2, 0) is 14.3 Å². The van der Waals surface area contributed by atoms with Crippen molar-refractivity contribution >= 4 is 12.1 Å². The lowest BCUT2D eigenvalue weighted by molar-refractivity contribution is -0.146. The summed E-state index contributed by atoms with van der Waals surface area (Å²) in [6.07, 6.45) is 3.56. The zero-order valence-corrected chi connectivity index (χ0v) is 13.4. The third-order valence-electron chi connectivity index (χ3n) is 3.60. The number of hydrogen-bond donors (Lipinski definition) is 0. The molecule has 0 aromatic carbocycles. The van der Waals surface area contributed by atoms with E-state index in [1.165, 1.54) is 12.0 Å². The van der Waals surface area contributed by atoms with Crippen LogP contribution in [0.3, 0.4) is 0 Å². The normalized spacial score (nSPS) is 21.5. The molecule has 6 heteroatoms. The zero-order valence-electron chi connectivity index (χ0n) is 13.4. The van der Waals surface area contributed by atoms with Crippen molar-refractivity contribution in [2.45, 2.75) is 44.8 Å². The number of amides is 1. The topological polar surface area (TPSA) is 68.7 Å². The van der Waals surface area contributed by atoms with E-state index >= 15 is 0 Å². The average Bonchev–Trinajstić information content (AvgIpc) is 2.90. The molecule has 2 atom stereocenters. The molecule has 0 radical (unpaired) electrons. The van der Waals surface area contributed by atoms with Crippen LogP contribution in [0, 0.1) is 0 Å². The molecular weight excluding hydrogens is 284 g/mol. The van der Waals surface area contributed by atoms with Gasteiger partial charge in [-0.2, -0.15) is 0 Å². The summed E-state index contributed by atoms with van der Waals surface area (Å²) in [6, 6.07) is 3.06. The van der Waals surface area contributed by atoms with Crippen LogP contribution in [0.4, 0.5) is 4.79 Å². The van der Waals surface area contributed by atoms with Crippen molar-refractivity contribution in [1.82, 2.24) is 9.88 Å². The lowest BCUT2D eigenvalue weighted by Gasteiger charge is -2.29. The maximum absolute atomic E-state index is 12.4. The van der Waals surface area contributed by atoms with Crippen LogP contribution in [0.15, 0.2) is 24.5 Å². The van der Waals surface area contributed by atoms with Crippen LogP contribution in [0.2, 0.25) is 0 Å². The van der Waals surface area contributed by atoms with Gasteiger partial charge in [-0.25, -0.2) is 9.59 Å². The maximum Gasteiger partial charge on any atom is 0.411 e. The van der Waals surface area contributed by atoms with Crippen LogP contribution in [0.1, 0.15) is 38.7 Å². The number of likely N-dealkylation sites (tertiary alicyclic amines) is 1. The molecule has 22 heavy (non-hydrogen) atoms. The van der Waals surface area contributed by atoms with Gasteiger partial charge in [0.2, 0.25) is 0 Å². The summed E-state index contributed by atoms with van der Waals surface area (Å²) in [5.41, 5.74) is 0.364. The van der Waals surface area contributed by atoms with Gasteiger partial charge in [0.25, 0.3) is 0 Å². The van der Waals surface area contributed by atoms with E-state index in [2.05, 4.69) is 4.98 Å². The van der Waals surface area contributed by atoms with Crippen LogP contribution in [0.25, 0.3) is 0 Å². The molecule has 1 amide bonds. The minimum Gasteiger partial charge on any atom is -0.467 e. The van der Waals surface area contributed by atoms with Gasteiger partial charge in [-0.15, -0.1) is 0 Å². The fraction of sp³-hybridized carbons (Fsp3) is 0.562. The van der Waals surface area contributed by atoms with Gasteiger partial charge in [0.1, 0.15) is 11.6 Å². The number of carbonyl (C=O) groups excluding carboxylic acids is 2. The molecule has 1 aliphatic heterocycles. The number of methoxy groups -OCH3 is 1. The number of aromatic nitrogens is 1. The van der Waals surface area contributed by atoms with Gasteiger partial charge in [-0.3, -0.25) is 9.88 Å². The molecule has 1 aromatic rings. The highest BCUT2D eigenvalue weighted by molar-refractivity contribution is 5.83. The second kappa shape index (κ2) is 6.34. The van der Waals surface area contributed by atoms with E-state index in [-0.39, 0.29) is 5.92 Å². The molecule has 0 saturated carbocycles. The number of hydrogen-bond acceptors (Lipinski definition) is 5. The Hall–Kier alpha value is -2.11. The highest BCUT2D eigenvalue weighted by Gasteiger charge is 2.44. The van der Waals surface area contributed by atoms with Crippen molar-refractivity contribution in [3.63, 3.8) is 0 Å². The predicted molar refractivity (Wildman–Crippen MR) is 80.3 cm³/mol. The monoisotopic (exact) mass is 306 g/mol. The minimum absolute atomic E-state index is 0.108. The zero-order chi connectivity index (χ0) is 16.3. The Labute approximate surface area is 130 Å². The summed E-state index contributed by atoms with van der Waals surface area (Å²) in [4.78, 5) is 30.0. The Morgan fingerprint density at radius 1 is 1.27 bits per heavy atom. The molecule has 0 aliphatic carbocycles. The van der Waals surface area contributed by atoms with E-state index < -0.39 is 23.7 Å². The first kappa shape index (κ1) is 16.3. The SMILES string of the molecule is COC(=O)C1C(c2ccncc2)CCN1C(=O)OC(C)(C)C. The minimum atomic E-state index is -0.665. The Balaban J connectivity index is 2.25. The number of esters is 1. The second-order valence-electron chi connectivity index (χ2n) is 6.32. The second-order valence-corrected chi connectivity index (χ2v) is 6.32. The number of ether oxygens (including phenoxy) is 2. The van der Waals surface area contributed by atoms with E-state index in [0.717, 1.165) is 5.56 Å². The van der Waals surface area contributed by atoms with Crippen molar-refractivity contribution in [2.75, 3.05) is 13.7 Å². The predicted octanol–water partition coefficient (Wildman–Crippen LogP) is 2.35. The van der Waals surface area contributed by atoms with Gasteiger partial charge >= 0.3 is 12.1 Å². The van der Waals surface area contributed by atoms with Gasteiger partial charge in [-0.1, -0.05) is 0 Å². The Morgan fingerprint density at radius 3 is 2.45 bits per heavy atom. The molecule has 2 heterocycles. The standard InChI is InChI=1S/C16H22N2O4/c1-16(2,3)22-15(20)18-10-7-12(13(18)14(19)21-4)11-5-8-17-9-6-11/h5-6,8-9,12-13H,7,10H2,1-4H3. The molecule has 1 aromatic heterocycles. The molecule has 0 N–H and O–H groups in total. The largest absolute Gasteiger partial charge is 0.467 e. The molecule has 1 saturated heterocycles. The lowest BCUT2D eigenvalue weighted by atomic mass is 9.92. The molecule has 120 valence electrons. The molecule has 2 unspecified atom stereocenters. The van der Waals surface area contributed by atoms with E-state index in [0.29, 0.717) is 13.0 Å². The van der Waals surface area contributed by atoms with Gasteiger partial charge in [-0.05, 0) is 44.9 Å². The van der Waals surface area contributed by atoms with Crippen molar-refractivity contribution in [3.8, 4) is 0 Å². The highest BCUT2D eigenvalue weighted by Crippen LogP contribution is 2.34. The van der Waals surface area contributed by atoms with Crippen LogP contribution in [0.5, 0.6) is 0 Å². The molecular formula is C16H22N2O4. The van der Waals surface area contributed by atoms with Crippen molar-refractivity contribution in [2.24, 2.45) is 0 Å². The first-order chi connectivity index (χ1) is 10.3. The Kier molecular flexibility index (Phi) is 4.68. The molecule has 0 spiro atoms. The number of pyridine rings is 1. The molecule has 0 bridgehead atoms. The average molecular weight is 306 g/mol. The van der Waals surface area contributed by atoms with E-state index in [9.17, 15) is 9.59 Å². The quantitative estimate of drug-likeness (QED) is 0.785. The smallest absolute Gasteiger partial charge is 0.411 e. The lowest BCUT2D eigenvalue weighted by Crippen LogP contribution is -2.45. The van der Waals surface area contributed by atoms with Crippen molar-refractivity contribution in [3.05, 3.63) is 30.1 Å². The van der Waals surface area contributed by atoms with E-state index in [1.54, 1.807) is 33.2 Å². The van der Waals surface area contributed by atoms with Crippen LogP contribution < -0.4 is 0 Å². The summed E-state index contributed by atoms with van der Waals surface area (Å²) in [6.45, 7) is 5.86. The van der Waals surface area contributed by atoms with Crippen molar-refractivity contribution in [1.29, 1.82) is 0 Å². The summed E-state index contributed by atoms with van der Waals surface area (Å²) >= 11 is 0. The molecule has 6 nitrogen and oxygen atoms in total. The molecule has 2 rings (SSSR count). The maximum atomic E-state index is 12.4. The summed E-state index contributed by atoms with van der Waals surface area (Å²) in [5, 5.41) is 0. The summed E-state index contributed by atoms with van der Waals surface area (Å²) in [5.74, 6) is -0.534. The molecule has 1 aliphatic rings. The number of rotatable bonds is 2. The highest BCUT2D eigenvalue weighted by atomic mass is 16.6. The van der Waals surface area contributed by atoms with Crippen LogP contribution in [-0.4, -0.2) is 47.2 Å². The summed E-state index contributed by atoms with van der Waals surface area (Å²) < 4.78 is 10.3.